The van der Waals surface area contributed by atoms with E-state index in [1.165, 1.54) is 0 Å². The Morgan fingerprint density at radius 1 is 1.40 bits per heavy atom. The van der Waals surface area contributed by atoms with Crippen LogP contribution in [0.2, 0.25) is 10.0 Å². The molecule has 0 aliphatic carbocycles. The maximum atomic E-state index is 6.05. The Labute approximate surface area is 99.5 Å². The fourth-order valence-corrected chi connectivity index (χ4v) is 2.01. The van der Waals surface area contributed by atoms with Gasteiger partial charge in [-0.05, 0) is 24.6 Å². The number of ether oxygens (including phenoxy) is 1. The van der Waals surface area contributed by atoms with Crippen molar-refractivity contribution in [2.45, 2.75) is 19.1 Å². The lowest BCUT2D eigenvalue weighted by Gasteiger charge is -2.11. The normalized spacial score (nSPS) is 20.8. The Bertz CT molecular complexity index is 337. The van der Waals surface area contributed by atoms with Crippen LogP contribution in [-0.2, 0) is 11.3 Å². The van der Waals surface area contributed by atoms with Crippen molar-refractivity contribution in [3.8, 4) is 0 Å². The molecule has 0 unspecified atom stereocenters. The zero-order valence-corrected chi connectivity index (χ0v) is 9.81. The minimum absolute atomic E-state index is 0.306. The first-order valence-electron chi connectivity index (χ1n) is 5.02. The Hall–Kier alpha value is -0.280. The van der Waals surface area contributed by atoms with Gasteiger partial charge in [0.1, 0.15) is 0 Å². The van der Waals surface area contributed by atoms with Crippen LogP contribution in [0, 0.1) is 0 Å². The van der Waals surface area contributed by atoms with Crippen LogP contribution in [0.4, 0.5) is 0 Å². The van der Waals surface area contributed by atoms with Crippen molar-refractivity contribution in [1.29, 1.82) is 0 Å². The first-order valence-corrected chi connectivity index (χ1v) is 5.78. The van der Waals surface area contributed by atoms with E-state index in [-0.39, 0.29) is 0 Å². The van der Waals surface area contributed by atoms with E-state index in [1.807, 2.05) is 12.1 Å². The lowest BCUT2D eigenvalue weighted by atomic mass is 10.2. The molecule has 4 heteroatoms. The Balaban J connectivity index is 1.95. The van der Waals surface area contributed by atoms with E-state index in [4.69, 9.17) is 27.9 Å². The molecular weight excluding hydrogens is 233 g/mol. The van der Waals surface area contributed by atoms with Gasteiger partial charge in [-0.25, -0.2) is 0 Å². The van der Waals surface area contributed by atoms with Gasteiger partial charge in [-0.3, -0.25) is 0 Å². The molecule has 1 heterocycles. The van der Waals surface area contributed by atoms with Gasteiger partial charge in [0.2, 0.25) is 0 Å². The molecule has 0 amide bonds. The highest BCUT2D eigenvalue weighted by molar-refractivity contribution is 6.42. The van der Waals surface area contributed by atoms with E-state index in [2.05, 4.69) is 5.32 Å². The van der Waals surface area contributed by atoms with E-state index in [0.29, 0.717) is 22.8 Å². The maximum absolute atomic E-state index is 6.05. The first kappa shape index (κ1) is 11.2. The molecule has 1 saturated heterocycles. The number of halogens is 2. The van der Waals surface area contributed by atoms with E-state index in [9.17, 15) is 0 Å². The van der Waals surface area contributed by atoms with Gasteiger partial charge >= 0.3 is 0 Å². The maximum Gasteiger partial charge on any atom is 0.0736 e. The molecule has 2 nitrogen and oxygen atoms in total. The summed E-state index contributed by atoms with van der Waals surface area (Å²) in [6.45, 7) is 2.50. The zero-order chi connectivity index (χ0) is 10.7. The second-order valence-corrected chi connectivity index (χ2v) is 4.42. The van der Waals surface area contributed by atoms with Crippen molar-refractivity contribution in [3.63, 3.8) is 0 Å². The van der Waals surface area contributed by atoms with Gasteiger partial charge in [0, 0.05) is 6.54 Å². The highest BCUT2D eigenvalue weighted by Gasteiger charge is 2.15. The van der Waals surface area contributed by atoms with Crippen LogP contribution in [0.15, 0.2) is 18.2 Å². The second-order valence-electron chi connectivity index (χ2n) is 3.64. The quantitative estimate of drug-likeness (QED) is 0.885. The molecule has 82 valence electrons. The average molecular weight is 246 g/mol. The van der Waals surface area contributed by atoms with Gasteiger partial charge in [-0.2, -0.15) is 0 Å². The SMILES string of the molecule is Clc1cccc(CO[C@@H]2CCNC2)c1Cl. The van der Waals surface area contributed by atoms with Crippen LogP contribution in [0.1, 0.15) is 12.0 Å². The van der Waals surface area contributed by atoms with Crippen LogP contribution in [0.25, 0.3) is 0 Å². The fraction of sp³-hybridized carbons (Fsp3) is 0.455. The Morgan fingerprint density at radius 3 is 3.00 bits per heavy atom. The van der Waals surface area contributed by atoms with Gasteiger partial charge in [0.05, 0.1) is 22.8 Å². The molecule has 1 aromatic rings. The summed E-state index contributed by atoms with van der Waals surface area (Å²) in [4.78, 5) is 0. The van der Waals surface area contributed by atoms with Crippen LogP contribution < -0.4 is 5.32 Å². The second kappa shape index (κ2) is 5.17. The summed E-state index contributed by atoms with van der Waals surface area (Å²) < 4.78 is 5.72. The molecule has 0 radical (unpaired) electrons. The standard InChI is InChI=1S/C11H13Cl2NO/c12-10-3-1-2-8(11(10)13)7-15-9-4-5-14-6-9/h1-3,9,14H,4-7H2/t9-/m1/s1. The van der Waals surface area contributed by atoms with Crippen molar-refractivity contribution in [2.24, 2.45) is 0 Å². The molecule has 2 rings (SSSR count). The van der Waals surface area contributed by atoms with E-state index in [0.717, 1.165) is 25.1 Å². The summed E-state index contributed by atoms with van der Waals surface area (Å²) in [7, 11) is 0. The molecule has 0 spiro atoms. The minimum atomic E-state index is 0.306. The van der Waals surface area contributed by atoms with Crippen LogP contribution >= 0.6 is 23.2 Å². The van der Waals surface area contributed by atoms with Gasteiger partial charge in [-0.1, -0.05) is 35.3 Å². The van der Waals surface area contributed by atoms with E-state index >= 15 is 0 Å². The molecule has 15 heavy (non-hydrogen) atoms. The topological polar surface area (TPSA) is 21.3 Å². The fourth-order valence-electron chi connectivity index (χ4n) is 1.64. The van der Waals surface area contributed by atoms with Gasteiger partial charge in [-0.15, -0.1) is 0 Å². The largest absolute Gasteiger partial charge is 0.372 e. The number of hydrogen-bond donors (Lipinski definition) is 1. The predicted molar refractivity (Wildman–Crippen MR) is 62.5 cm³/mol. The number of hydrogen-bond acceptors (Lipinski definition) is 2. The average Bonchev–Trinajstić information content (AvgIpc) is 2.73. The van der Waals surface area contributed by atoms with E-state index < -0.39 is 0 Å². The van der Waals surface area contributed by atoms with Crippen molar-refractivity contribution in [3.05, 3.63) is 33.8 Å². The molecule has 0 bridgehead atoms. The Morgan fingerprint density at radius 2 is 2.27 bits per heavy atom. The zero-order valence-electron chi connectivity index (χ0n) is 8.30. The number of benzene rings is 1. The molecule has 1 aliphatic rings. The monoisotopic (exact) mass is 245 g/mol. The third kappa shape index (κ3) is 2.85. The van der Waals surface area contributed by atoms with Crippen LogP contribution in [0.3, 0.4) is 0 Å². The van der Waals surface area contributed by atoms with Gasteiger partial charge in [0.15, 0.2) is 0 Å². The molecule has 1 atom stereocenters. The predicted octanol–water partition coefficient (Wildman–Crippen LogP) is 2.87. The highest BCUT2D eigenvalue weighted by atomic mass is 35.5. The van der Waals surface area contributed by atoms with Crippen molar-refractivity contribution < 1.29 is 4.74 Å². The van der Waals surface area contributed by atoms with Crippen LogP contribution in [-0.4, -0.2) is 19.2 Å². The molecule has 1 aliphatic heterocycles. The highest BCUT2D eigenvalue weighted by Crippen LogP contribution is 2.26. The summed E-state index contributed by atoms with van der Waals surface area (Å²) in [5.41, 5.74) is 0.955. The summed E-state index contributed by atoms with van der Waals surface area (Å²) in [6.07, 6.45) is 1.37. The lowest BCUT2D eigenvalue weighted by Crippen LogP contribution is -2.16. The Kier molecular flexibility index (Phi) is 3.87. The van der Waals surface area contributed by atoms with E-state index in [1.54, 1.807) is 6.07 Å². The summed E-state index contributed by atoms with van der Waals surface area (Å²) in [6, 6.07) is 5.61. The van der Waals surface area contributed by atoms with Crippen molar-refractivity contribution >= 4 is 23.2 Å². The minimum Gasteiger partial charge on any atom is -0.372 e. The number of nitrogens with one attached hydrogen (secondary N) is 1. The molecular formula is C11H13Cl2NO. The van der Waals surface area contributed by atoms with Gasteiger partial charge in [0.25, 0.3) is 0 Å². The summed E-state index contributed by atoms with van der Waals surface area (Å²) in [5, 5.41) is 4.44. The third-order valence-corrected chi connectivity index (χ3v) is 3.38. The number of rotatable bonds is 3. The first-order chi connectivity index (χ1) is 7.27. The molecule has 1 N–H and O–H groups in total. The lowest BCUT2D eigenvalue weighted by molar-refractivity contribution is 0.0543. The summed E-state index contributed by atoms with van der Waals surface area (Å²) in [5.74, 6) is 0. The summed E-state index contributed by atoms with van der Waals surface area (Å²) >= 11 is 12.0. The van der Waals surface area contributed by atoms with Crippen molar-refractivity contribution in [2.75, 3.05) is 13.1 Å². The van der Waals surface area contributed by atoms with Crippen molar-refractivity contribution in [1.82, 2.24) is 5.32 Å². The van der Waals surface area contributed by atoms with Gasteiger partial charge < -0.3 is 10.1 Å². The molecule has 1 aromatic carbocycles. The molecule has 0 saturated carbocycles. The third-order valence-electron chi connectivity index (χ3n) is 2.52. The molecule has 0 aromatic heterocycles. The van der Waals surface area contributed by atoms with Crippen LogP contribution in [0.5, 0.6) is 0 Å². The smallest absolute Gasteiger partial charge is 0.0736 e. The molecule has 1 fully saturated rings.